The van der Waals surface area contributed by atoms with Gasteiger partial charge in [-0.3, -0.25) is 9.36 Å². The Kier molecular flexibility index (Phi) is 2.62. The summed E-state index contributed by atoms with van der Waals surface area (Å²) in [7, 11) is 0. The quantitative estimate of drug-likeness (QED) is 0.797. The van der Waals surface area contributed by atoms with Crippen molar-refractivity contribution in [3.8, 4) is 0 Å². The monoisotopic (exact) mass is 268 g/mol. The number of rotatable bonds is 1. The lowest BCUT2D eigenvalue weighted by atomic mass is 10.0. The maximum Gasteiger partial charge on any atom is 0.389 e. The Morgan fingerprint density at radius 3 is 2.79 bits per heavy atom. The third kappa shape index (κ3) is 2.11. The zero-order valence-corrected chi connectivity index (χ0v) is 9.94. The summed E-state index contributed by atoms with van der Waals surface area (Å²) in [4.78, 5) is 16.4. The number of alkyl halides is 3. The number of fused-ring (bicyclic) bond motifs is 2. The van der Waals surface area contributed by atoms with E-state index in [4.69, 9.17) is 0 Å². The van der Waals surface area contributed by atoms with Crippen molar-refractivity contribution in [2.24, 2.45) is 0 Å². The summed E-state index contributed by atoms with van der Waals surface area (Å²) in [5, 5.41) is 0.457. The predicted octanol–water partition coefficient (Wildman–Crippen LogP) is 2.84. The van der Waals surface area contributed by atoms with Gasteiger partial charge in [0.25, 0.3) is 5.56 Å². The summed E-state index contributed by atoms with van der Waals surface area (Å²) in [5.41, 5.74) is 0.220. The smallest absolute Gasteiger partial charge is 0.296 e. The van der Waals surface area contributed by atoms with Crippen molar-refractivity contribution in [2.75, 3.05) is 0 Å². The van der Waals surface area contributed by atoms with Gasteiger partial charge in [0, 0.05) is 12.5 Å². The Morgan fingerprint density at radius 2 is 2.05 bits per heavy atom. The van der Waals surface area contributed by atoms with Gasteiger partial charge in [0.15, 0.2) is 0 Å². The summed E-state index contributed by atoms with van der Waals surface area (Å²) in [6.07, 6.45) is -4.83. The van der Waals surface area contributed by atoms with Gasteiger partial charge >= 0.3 is 6.18 Å². The highest BCUT2D eigenvalue weighted by Crippen LogP contribution is 2.36. The number of hydrogen-bond donors (Lipinski definition) is 0. The van der Waals surface area contributed by atoms with E-state index in [1.165, 1.54) is 4.57 Å². The van der Waals surface area contributed by atoms with Crippen LogP contribution in [0.25, 0.3) is 10.9 Å². The van der Waals surface area contributed by atoms with Crippen LogP contribution in [0.2, 0.25) is 0 Å². The Bertz CT molecular complexity index is 690. The van der Waals surface area contributed by atoms with E-state index in [0.717, 1.165) is 0 Å². The first kappa shape index (κ1) is 12.2. The van der Waals surface area contributed by atoms with Crippen LogP contribution in [0.1, 0.15) is 24.6 Å². The Hall–Kier alpha value is -1.85. The van der Waals surface area contributed by atoms with Crippen LogP contribution < -0.4 is 5.56 Å². The van der Waals surface area contributed by atoms with Crippen molar-refractivity contribution in [3.63, 3.8) is 0 Å². The van der Waals surface area contributed by atoms with Crippen molar-refractivity contribution < 1.29 is 13.2 Å². The molecule has 6 heteroatoms. The van der Waals surface area contributed by atoms with Crippen LogP contribution in [0.3, 0.4) is 0 Å². The molecule has 1 unspecified atom stereocenters. The van der Waals surface area contributed by atoms with Crippen molar-refractivity contribution in [1.82, 2.24) is 9.55 Å². The number of halogens is 3. The van der Waals surface area contributed by atoms with Gasteiger partial charge in [-0.05, 0) is 18.6 Å². The van der Waals surface area contributed by atoms with Gasteiger partial charge in [-0.15, -0.1) is 0 Å². The molecule has 0 amide bonds. The van der Waals surface area contributed by atoms with E-state index in [-0.39, 0.29) is 11.4 Å². The summed E-state index contributed by atoms with van der Waals surface area (Å²) in [6.45, 7) is 0.312. The first-order valence-electron chi connectivity index (χ1n) is 6.02. The molecule has 0 fully saturated rings. The van der Waals surface area contributed by atoms with E-state index < -0.39 is 18.5 Å². The highest BCUT2D eigenvalue weighted by molar-refractivity contribution is 5.77. The molecule has 1 atom stereocenters. The largest absolute Gasteiger partial charge is 0.389 e. The predicted molar refractivity (Wildman–Crippen MR) is 64.0 cm³/mol. The molecule has 1 aromatic carbocycles. The van der Waals surface area contributed by atoms with Crippen molar-refractivity contribution in [3.05, 3.63) is 40.4 Å². The lowest BCUT2D eigenvalue weighted by molar-refractivity contribution is -0.138. The topological polar surface area (TPSA) is 34.9 Å². The number of aromatic nitrogens is 2. The molecule has 1 aliphatic rings. The van der Waals surface area contributed by atoms with Crippen LogP contribution >= 0.6 is 0 Å². The molecule has 0 aliphatic carbocycles. The summed E-state index contributed by atoms with van der Waals surface area (Å²) in [5.74, 6) is -0.446. The maximum absolute atomic E-state index is 12.5. The van der Waals surface area contributed by atoms with E-state index in [9.17, 15) is 18.0 Å². The standard InChI is InChI=1S/C13H11F3N2O/c14-13(15,16)7-8-5-6-18-11(8)17-10-4-2-1-3-9(10)12(18)19/h1-4,8H,5-7H2. The summed E-state index contributed by atoms with van der Waals surface area (Å²) >= 11 is 0. The number of benzene rings is 1. The fourth-order valence-electron chi connectivity index (χ4n) is 2.60. The Labute approximate surface area is 106 Å². The fraction of sp³-hybridized carbons (Fsp3) is 0.385. The molecule has 0 bridgehead atoms. The average molecular weight is 268 g/mol. The molecule has 0 N–H and O–H groups in total. The van der Waals surface area contributed by atoms with E-state index in [0.29, 0.717) is 23.9 Å². The van der Waals surface area contributed by atoms with Gasteiger partial charge in [0.05, 0.1) is 17.3 Å². The molecule has 0 radical (unpaired) electrons. The molecule has 1 aromatic heterocycles. The number of nitrogens with zero attached hydrogens (tertiary/aromatic N) is 2. The summed E-state index contributed by atoms with van der Waals surface area (Å²) < 4.78 is 38.9. The van der Waals surface area contributed by atoms with E-state index >= 15 is 0 Å². The molecule has 0 saturated carbocycles. The van der Waals surface area contributed by atoms with E-state index in [1.807, 2.05) is 0 Å². The molecule has 1 aliphatic heterocycles. The lowest BCUT2D eigenvalue weighted by Crippen LogP contribution is -2.22. The molecular formula is C13H11F3N2O. The zero-order valence-electron chi connectivity index (χ0n) is 9.94. The highest BCUT2D eigenvalue weighted by Gasteiger charge is 2.37. The number of para-hydroxylation sites is 1. The SMILES string of the molecule is O=c1c2ccccc2nc2n1CCC2CC(F)(F)F. The van der Waals surface area contributed by atoms with Crippen LogP contribution in [0.15, 0.2) is 29.1 Å². The molecule has 3 rings (SSSR count). The minimum atomic E-state index is -4.23. The molecule has 3 nitrogen and oxygen atoms in total. The maximum atomic E-state index is 12.5. The molecule has 100 valence electrons. The normalized spacial score (nSPS) is 18.8. The average Bonchev–Trinajstić information content (AvgIpc) is 2.71. The van der Waals surface area contributed by atoms with Crippen LogP contribution in [0.5, 0.6) is 0 Å². The third-order valence-electron chi connectivity index (χ3n) is 3.44. The zero-order chi connectivity index (χ0) is 13.6. The Morgan fingerprint density at radius 1 is 1.32 bits per heavy atom. The molecular weight excluding hydrogens is 257 g/mol. The van der Waals surface area contributed by atoms with Crippen LogP contribution in [-0.4, -0.2) is 15.7 Å². The molecule has 19 heavy (non-hydrogen) atoms. The van der Waals surface area contributed by atoms with E-state index in [2.05, 4.69) is 4.98 Å². The van der Waals surface area contributed by atoms with Crippen LogP contribution in [-0.2, 0) is 6.54 Å². The summed E-state index contributed by atoms with van der Waals surface area (Å²) in [6, 6.07) is 6.75. The van der Waals surface area contributed by atoms with Gasteiger partial charge in [-0.25, -0.2) is 4.98 Å². The Balaban J connectivity index is 2.14. The first-order chi connectivity index (χ1) is 8.96. The second kappa shape index (κ2) is 4.08. The number of hydrogen-bond acceptors (Lipinski definition) is 2. The second-order valence-corrected chi connectivity index (χ2v) is 4.75. The minimum Gasteiger partial charge on any atom is -0.296 e. The minimum absolute atomic E-state index is 0.245. The van der Waals surface area contributed by atoms with Gasteiger partial charge in [-0.2, -0.15) is 13.2 Å². The lowest BCUT2D eigenvalue weighted by Gasteiger charge is -2.13. The van der Waals surface area contributed by atoms with Gasteiger partial charge < -0.3 is 0 Å². The highest BCUT2D eigenvalue weighted by atomic mass is 19.4. The molecule has 0 spiro atoms. The van der Waals surface area contributed by atoms with Gasteiger partial charge in [0.2, 0.25) is 0 Å². The fourth-order valence-corrected chi connectivity index (χ4v) is 2.60. The van der Waals surface area contributed by atoms with Crippen molar-refractivity contribution in [1.29, 1.82) is 0 Å². The van der Waals surface area contributed by atoms with E-state index in [1.54, 1.807) is 24.3 Å². The van der Waals surface area contributed by atoms with Crippen LogP contribution in [0.4, 0.5) is 13.2 Å². The second-order valence-electron chi connectivity index (χ2n) is 4.75. The van der Waals surface area contributed by atoms with Crippen molar-refractivity contribution >= 4 is 10.9 Å². The van der Waals surface area contributed by atoms with Gasteiger partial charge in [0.1, 0.15) is 5.82 Å². The van der Waals surface area contributed by atoms with Crippen molar-refractivity contribution in [2.45, 2.75) is 31.5 Å². The van der Waals surface area contributed by atoms with Crippen LogP contribution in [0, 0.1) is 0 Å². The molecule has 2 aromatic rings. The molecule has 0 saturated heterocycles. The van der Waals surface area contributed by atoms with Gasteiger partial charge in [-0.1, -0.05) is 12.1 Å². The first-order valence-corrected chi connectivity index (χ1v) is 6.02. The molecule has 2 heterocycles. The third-order valence-corrected chi connectivity index (χ3v) is 3.44.